The maximum Gasteiger partial charge on any atom is 0.147 e. The maximum absolute atomic E-state index is 5.35. The van der Waals surface area contributed by atoms with Gasteiger partial charge in [0.25, 0.3) is 0 Å². The van der Waals surface area contributed by atoms with Crippen LogP contribution in [0.15, 0.2) is 0 Å². The van der Waals surface area contributed by atoms with Gasteiger partial charge in [0.05, 0.1) is 0 Å². The summed E-state index contributed by atoms with van der Waals surface area (Å²) >= 11 is 0. The van der Waals surface area contributed by atoms with Crippen molar-refractivity contribution in [2.75, 3.05) is 13.6 Å². The van der Waals surface area contributed by atoms with Gasteiger partial charge in [-0.2, -0.15) is 0 Å². The van der Waals surface area contributed by atoms with Crippen LogP contribution < -0.4 is 11.3 Å². The summed E-state index contributed by atoms with van der Waals surface area (Å²) in [4.78, 5) is 2.44. The van der Waals surface area contributed by atoms with E-state index in [2.05, 4.69) is 17.4 Å². The number of rotatable bonds is 3. The molecule has 13 heavy (non-hydrogen) atoms. The van der Waals surface area contributed by atoms with Gasteiger partial charge in [0.15, 0.2) is 0 Å². The fourth-order valence-electron chi connectivity index (χ4n) is 2.18. The second-order valence-corrected chi connectivity index (χ2v) is 4.13. The molecule has 3 N–H and O–H groups in total. The summed E-state index contributed by atoms with van der Waals surface area (Å²) in [6.45, 7) is 1.23. The molecule has 0 bridgehead atoms. The average molecular weight is 185 g/mol. The van der Waals surface area contributed by atoms with Crippen molar-refractivity contribution in [3.8, 4) is 0 Å². The number of hydrogen-bond acceptors (Lipinski definition) is 4. The molecule has 2 fully saturated rings. The zero-order chi connectivity index (χ0) is 9.26. The normalized spacial score (nSPS) is 40.6. The molecule has 2 aliphatic rings. The minimum atomic E-state index is 0.121. The molecule has 4 nitrogen and oxygen atoms in total. The van der Waals surface area contributed by atoms with Gasteiger partial charge in [-0.1, -0.05) is 6.42 Å². The summed E-state index contributed by atoms with van der Waals surface area (Å²) in [6, 6.07) is 0.706. The van der Waals surface area contributed by atoms with Gasteiger partial charge in [-0.3, -0.25) is 5.84 Å². The molecular weight excluding hydrogens is 166 g/mol. The number of piperidine rings is 1. The summed E-state index contributed by atoms with van der Waals surface area (Å²) in [6.07, 6.45) is 5.63. The minimum absolute atomic E-state index is 0.121. The van der Waals surface area contributed by atoms with Crippen LogP contribution in [0.25, 0.3) is 0 Å². The highest BCUT2D eigenvalue weighted by Crippen LogP contribution is 2.28. The van der Waals surface area contributed by atoms with Crippen molar-refractivity contribution in [1.29, 1.82) is 0 Å². The fourth-order valence-corrected chi connectivity index (χ4v) is 2.18. The molecule has 2 aliphatic heterocycles. The fraction of sp³-hybridized carbons (Fsp3) is 1.00. The summed E-state index contributed by atoms with van der Waals surface area (Å²) in [5, 5.41) is 0. The molecule has 3 atom stereocenters. The molecule has 0 aromatic rings. The number of nitrogens with one attached hydrogen (secondary N) is 1. The molecule has 76 valence electrons. The van der Waals surface area contributed by atoms with Crippen molar-refractivity contribution in [3.05, 3.63) is 0 Å². The molecule has 0 radical (unpaired) electrons. The lowest BCUT2D eigenvalue weighted by atomic mass is 9.98. The number of nitrogens with two attached hydrogens (primary N) is 1. The van der Waals surface area contributed by atoms with E-state index in [9.17, 15) is 0 Å². The first-order chi connectivity index (χ1) is 6.31. The van der Waals surface area contributed by atoms with Gasteiger partial charge in [0.1, 0.15) is 12.3 Å². The second kappa shape index (κ2) is 3.92. The molecule has 0 spiro atoms. The van der Waals surface area contributed by atoms with Crippen molar-refractivity contribution in [1.82, 2.24) is 10.3 Å². The highest BCUT2D eigenvalue weighted by atomic mass is 16.6. The van der Waals surface area contributed by atoms with Gasteiger partial charge in [0.2, 0.25) is 0 Å². The van der Waals surface area contributed by atoms with Gasteiger partial charge in [0, 0.05) is 6.04 Å². The number of nitrogens with zero attached hydrogens (tertiary/aromatic N) is 1. The molecule has 2 saturated heterocycles. The number of hydrazine groups is 1. The van der Waals surface area contributed by atoms with Crippen LogP contribution in [0, 0.1) is 0 Å². The topological polar surface area (TPSA) is 53.8 Å². The van der Waals surface area contributed by atoms with Crippen molar-refractivity contribution >= 4 is 0 Å². The average Bonchev–Trinajstić information content (AvgIpc) is 2.88. The molecule has 0 aliphatic carbocycles. The molecule has 0 aromatic heterocycles. The van der Waals surface area contributed by atoms with Crippen LogP contribution in [0.1, 0.15) is 25.7 Å². The largest absolute Gasteiger partial charge is 0.352 e. The Labute approximate surface area is 79.4 Å². The van der Waals surface area contributed by atoms with Crippen LogP contribution in [0.3, 0.4) is 0 Å². The van der Waals surface area contributed by atoms with Crippen molar-refractivity contribution < 1.29 is 4.74 Å². The lowest BCUT2D eigenvalue weighted by Crippen LogP contribution is -2.38. The Kier molecular flexibility index (Phi) is 2.83. The van der Waals surface area contributed by atoms with E-state index >= 15 is 0 Å². The van der Waals surface area contributed by atoms with Crippen LogP contribution in [-0.2, 0) is 4.74 Å². The Morgan fingerprint density at radius 1 is 1.54 bits per heavy atom. The molecule has 2 rings (SSSR count). The minimum Gasteiger partial charge on any atom is -0.352 e. The third kappa shape index (κ3) is 2.20. The first-order valence-electron chi connectivity index (χ1n) is 5.13. The number of hydrogen-bond donors (Lipinski definition) is 2. The summed E-state index contributed by atoms with van der Waals surface area (Å²) in [5.41, 5.74) is 2.65. The predicted molar refractivity (Wildman–Crippen MR) is 50.9 cm³/mol. The number of likely N-dealkylation sites (tertiary alicyclic amines) is 1. The van der Waals surface area contributed by atoms with Crippen LogP contribution in [0.4, 0.5) is 0 Å². The highest BCUT2D eigenvalue weighted by molar-refractivity contribution is 4.87. The van der Waals surface area contributed by atoms with Gasteiger partial charge < -0.3 is 9.64 Å². The van der Waals surface area contributed by atoms with Crippen molar-refractivity contribution in [2.45, 2.75) is 44.1 Å². The van der Waals surface area contributed by atoms with E-state index in [1.54, 1.807) is 0 Å². The highest BCUT2D eigenvalue weighted by Gasteiger charge is 2.40. The van der Waals surface area contributed by atoms with E-state index in [1.165, 1.54) is 25.8 Å². The number of epoxide rings is 1. The third-order valence-corrected chi connectivity index (χ3v) is 3.17. The summed E-state index contributed by atoms with van der Waals surface area (Å²) in [5.74, 6) is 5.28. The lowest BCUT2D eigenvalue weighted by molar-refractivity contribution is 0.165. The SMILES string of the molecule is CN1CCCCC1CC1OC1NN. The monoisotopic (exact) mass is 185 g/mol. The first kappa shape index (κ1) is 9.40. The van der Waals surface area contributed by atoms with E-state index in [-0.39, 0.29) is 6.23 Å². The Morgan fingerprint density at radius 3 is 3.00 bits per heavy atom. The Morgan fingerprint density at radius 2 is 2.38 bits per heavy atom. The van der Waals surface area contributed by atoms with Crippen molar-refractivity contribution in [2.24, 2.45) is 5.84 Å². The van der Waals surface area contributed by atoms with Crippen LogP contribution in [0.5, 0.6) is 0 Å². The zero-order valence-electron chi connectivity index (χ0n) is 8.20. The van der Waals surface area contributed by atoms with Crippen LogP contribution in [-0.4, -0.2) is 36.9 Å². The van der Waals surface area contributed by atoms with Gasteiger partial charge in [-0.25, -0.2) is 5.43 Å². The summed E-state index contributed by atoms with van der Waals surface area (Å²) in [7, 11) is 2.21. The van der Waals surface area contributed by atoms with Gasteiger partial charge in [-0.05, 0) is 32.9 Å². The molecule has 3 unspecified atom stereocenters. The third-order valence-electron chi connectivity index (χ3n) is 3.17. The molecule has 4 heteroatoms. The van der Waals surface area contributed by atoms with E-state index in [0.29, 0.717) is 12.1 Å². The molecule has 0 saturated carbocycles. The Hall–Kier alpha value is -0.160. The predicted octanol–water partition coefficient (Wildman–Crippen LogP) is 0.0490. The molecule has 2 heterocycles. The number of ether oxygens (including phenoxy) is 1. The second-order valence-electron chi connectivity index (χ2n) is 4.13. The van der Waals surface area contributed by atoms with Crippen molar-refractivity contribution in [3.63, 3.8) is 0 Å². The standard InChI is InChI=1S/C9H19N3O/c1-12-5-3-2-4-7(12)6-8-9(11-10)13-8/h7-9,11H,2-6,10H2,1H3. The summed E-state index contributed by atoms with van der Waals surface area (Å²) < 4.78 is 5.35. The van der Waals surface area contributed by atoms with E-state index in [0.717, 1.165) is 6.42 Å². The Balaban J connectivity index is 1.74. The van der Waals surface area contributed by atoms with Crippen LogP contribution in [0.2, 0.25) is 0 Å². The quantitative estimate of drug-likeness (QED) is 0.370. The van der Waals surface area contributed by atoms with E-state index < -0.39 is 0 Å². The molecular formula is C9H19N3O. The first-order valence-corrected chi connectivity index (χ1v) is 5.13. The van der Waals surface area contributed by atoms with E-state index in [1.807, 2.05) is 0 Å². The zero-order valence-corrected chi connectivity index (χ0v) is 8.20. The molecule has 0 aromatic carbocycles. The van der Waals surface area contributed by atoms with Crippen LogP contribution >= 0.6 is 0 Å². The molecule has 0 amide bonds. The van der Waals surface area contributed by atoms with E-state index in [4.69, 9.17) is 10.6 Å². The van der Waals surface area contributed by atoms with Gasteiger partial charge in [-0.15, -0.1) is 0 Å². The lowest BCUT2D eigenvalue weighted by Gasteiger charge is -2.32. The maximum atomic E-state index is 5.35. The smallest absolute Gasteiger partial charge is 0.147 e. The Bertz CT molecular complexity index is 176. The van der Waals surface area contributed by atoms with Gasteiger partial charge >= 0.3 is 0 Å².